The molecule has 1 aromatic rings. The first-order chi connectivity index (χ1) is 7.17. The average molecular weight is 204 g/mol. The van der Waals surface area contributed by atoms with Crippen molar-refractivity contribution in [3.8, 4) is 18.1 Å². The van der Waals surface area contributed by atoms with Crippen molar-refractivity contribution in [2.24, 2.45) is 0 Å². The summed E-state index contributed by atoms with van der Waals surface area (Å²) in [6, 6.07) is 5.01. The summed E-state index contributed by atoms with van der Waals surface area (Å²) in [4.78, 5) is 11.2. The minimum atomic E-state index is -0.255. The number of carbonyl (C=O) groups is 1. The molecule has 0 radical (unpaired) electrons. The van der Waals surface area contributed by atoms with Gasteiger partial charge in [0, 0.05) is 6.07 Å². The number of amides is 1. The van der Waals surface area contributed by atoms with Crippen LogP contribution in [-0.2, 0) is 4.79 Å². The summed E-state index contributed by atoms with van der Waals surface area (Å²) in [5.41, 5.74) is 6.68. The molecular formula is C11H12N2O2. The number of hydrogen-bond acceptors (Lipinski definition) is 3. The number of carbonyl (C=O) groups excluding carboxylic acids is 1. The Morgan fingerprint density at radius 3 is 2.93 bits per heavy atom. The van der Waals surface area contributed by atoms with E-state index in [0.29, 0.717) is 17.1 Å². The number of anilines is 2. The van der Waals surface area contributed by atoms with Gasteiger partial charge < -0.3 is 15.8 Å². The number of rotatable bonds is 3. The molecule has 0 spiro atoms. The number of nitrogen functional groups attached to an aromatic ring is 1. The number of terminal acetylenes is 1. The monoisotopic (exact) mass is 204 g/mol. The van der Waals surface area contributed by atoms with Gasteiger partial charge in [-0.1, -0.05) is 5.92 Å². The van der Waals surface area contributed by atoms with Gasteiger partial charge >= 0.3 is 0 Å². The van der Waals surface area contributed by atoms with E-state index in [1.807, 2.05) is 0 Å². The van der Waals surface area contributed by atoms with Crippen molar-refractivity contribution >= 4 is 17.3 Å². The Balaban J connectivity index is 2.79. The molecule has 0 fully saturated rings. The van der Waals surface area contributed by atoms with E-state index < -0.39 is 0 Å². The molecule has 0 aliphatic carbocycles. The molecule has 0 aliphatic heterocycles. The van der Waals surface area contributed by atoms with Crippen molar-refractivity contribution in [3.05, 3.63) is 18.2 Å². The second-order valence-corrected chi connectivity index (χ2v) is 2.88. The Morgan fingerprint density at radius 1 is 1.67 bits per heavy atom. The van der Waals surface area contributed by atoms with Crippen LogP contribution in [0.25, 0.3) is 0 Å². The van der Waals surface area contributed by atoms with Crippen LogP contribution in [-0.4, -0.2) is 13.0 Å². The normalized spacial score (nSPS) is 9.07. The summed E-state index contributed by atoms with van der Waals surface area (Å²) in [7, 11) is 1.55. The highest BCUT2D eigenvalue weighted by molar-refractivity contribution is 5.95. The van der Waals surface area contributed by atoms with E-state index in [9.17, 15) is 4.79 Å². The maximum atomic E-state index is 11.2. The number of nitrogens with one attached hydrogen (secondary N) is 1. The molecule has 3 N–H and O–H groups in total. The highest BCUT2D eigenvalue weighted by Gasteiger charge is 2.04. The van der Waals surface area contributed by atoms with E-state index in [4.69, 9.17) is 16.9 Å². The smallest absolute Gasteiger partial charge is 0.236 e. The van der Waals surface area contributed by atoms with Crippen LogP contribution >= 0.6 is 0 Å². The minimum Gasteiger partial charge on any atom is -0.497 e. The van der Waals surface area contributed by atoms with E-state index >= 15 is 0 Å². The quantitative estimate of drug-likeness (QED) is 0.575. The summed E-state index contributed by atoms with van der Waals surface area (Å²) in [5, 5.41) is 2.60. The Labute approximate surface area is 88.4 Å². The zero-order valence-electron chi connectivity index (χ0n) is 8.41. The first kappa shape index (κ1) is 10.9. The molecule has 4 heteroatoms. The van der Waals surface area contributed by atoms with Crippen LogP contribution in [0.5, 0.6) is 5.75 Å². The third-order valence-electron chi connectivity index (χ3n) is 1.80. The standard InChI is InChI=1S/C11H12N2O2/c1-3-4-11(14)13-10-6-5-8(15-2)7-9(10)12/h1,5-7H,4,12H2,2H3,(H,13,14). The Morgan fingerprint density at radius 2 is 2.40 bits per heavy atom. The van der Waals surface area contributed by atoms with Gasteiger partial charge in [-0.25, -0.2) is 0 Å². The molecule has 0 aromatic heterocycles. The fourth-order valence-electron chi connectivity index (χ4n) is 1.07. The third kappa shape index (κ3) is 2.92. The van der Waals surface area contributed by atoms with Crippen LogP contribution in [0.15, 0.2) is 18.2 Å². The average Bonchev–Trinajstić information content (AvgIpc) is 2.21. The van der Waals surface area contributed by atoms with E-state index in [0.717, 1.165) is 0 Å². The fourth-order valence-corrected chi connectivity index (χ4v) is 1.07. The van der Waals surface area contributed by atoms with Crippen LogP contribution in [0.4, 0.5) is 11.4 Å². The van der Waals surface area contributed by atoms with Gasteiger partial charge in [0.05, 0.1) is 24.9 Å². The second kappa shape index (κ2) is 4.91. The molecule has 1 amide bonds. The van der Waals surface area contributed by atoms with Gasteiger partial charge in [-0.2, -0.15) is 0 Å². The zero-order chi connectivity index (χ0) is 11.3. The number of benzene rings is 1. The lowest BCUT2D eigenvalue weighted by molar-refractivity contribution is -0.115. The maximum absolute atomic E-state index is 11.2. The number of ether oxygens (including phenoxy) is 1. The molecule has 0 atom stereocenters. The Bertz CT molecular complexity index is 408. The first-order valence-corrected chi connectivity index (χ1v) is 4.34. The molecule has 78 valence electrons. The SMILES string of the molecule is C#CCC(=O)Nc1ccc(OC)cc1N. The predicted molar refractivity (Wildman–Crippen MR) is 59.5 cm³/mol. The van der Waals surface area contributed by atoms with Crippen LogP contribution < -0.4 is 15.8 Å². The topological polar surface area (TPSA) is 64.3 Å². The van der Waals surface area contributed by atoms with Gasteiger partial charge in [-0.3, -0.25) is 4.79 Å². The maximum Gasteiger partial charge on any atom is 0.236 e. The molecule has 0 unspecified atom stereocenters. The van der Waals surface area contributed by atoms with E-state index in [-0.39, 0.29) is 12.3 Å². The minimum absolute atomic E-state index is 0.0332. The molecule has 0 bridgehead atoms. The number of hydrogen-bond donors (Lipinski definition) is 2. The third-order valence-corrected chi connectivity index (χ3v) is 1.80. The van der Waals surface area contributed by atoms with Crippen molar-refractivity contribution < 1.29 is 9.53 Å². The number of nitrogens with two attached hydrogens (primary N) is 1. The van der Waals surface area contributed by atoms with E-state index in [2.05, 4.69) is 11.2 Å². The molecule has 0 aliphatic rings. The summed E-state index contributed by atoms with van der Waals surface area (Å²) >= 11 is 0. The fraction of sp³-hybridized carbons (Fsp3) is 0.182. The zero-order valence-corrected chi connectivity index (χ0v) is 8.41. The summed E-state index contributed by atoms with van der Waals surface area (Å²) in [5.74, 6) is 2.64. The molecule has 15 heavy (non-hydrogen) atoms. The Kier molecular flexibility index (Phi) is 3.58. The lowest BCUT2D eigenvalue weighted by Crippen LogP contribution is -2.11. The van der Waals surface area contributed by atoms with Crippen LogP contribution in [0.2, 0.25) is 0 Å². The highest BCUT2D eigenvalue weighted by Crippen LogP contribution is 2.23. The molecular weight excluding hydrogens is 192 g/mol. The van der Waals surface area contributed by atoms with Crippen molar-refractivity contribution in [2.75, 3.05) is 18.2 Å². The van der Waals surface area contributed by atoms with Gasteiger partial charge in [-0.05, 0) is 12.1 Å². The van der Waals surface area contributed by atoms with Crippen LogP contribution in [0, 0.1) is 12.3 Å². The van der Waals surface area contributed by atoms with Crippen molar-refractivity contribution in [1.82, 2.24) is 0 Å². The number of methoxy groups -OCH3 is 1. The molecule has 1 aromatic carbocycles. The molecule has 0 saturated heterocycles. The van der Waals surface area contributed by atoms with Gasteiger partial charge in [0.25, 0.3) is 0 Å². The Hall–Kier alpha value is -2.15. The lowest BCUT2D eigenvalue weighted by Gasteiger charge is -2.08. The highest BCUT2D eigenvalue weighted by atomic mass is 16.5. The van der Waals surface area contributed by atoms with Crippen LogP contribution in [0.3, 0.4) is 0 Å². The summed E-state index contributed by atoms with van der Waals surface area (Å²) in [6.07, 6.45) is 5.04. The van der Waals surface area contributed by atoms with Gasteiger partial charge in [0.15, 0.2) is 0 Å². The van der Waals surface area contributed by atoms with E-state index in [1.165, 1.54) is 0 Å². The van der Waals surface area contributed by atoms with Gasteiger partial charge in [0.2, 0.25) is 5.91 Å². The summed E-state index contributed by atoms with van der Waals surface area (Å²) in [6.45, 7) is 0. The largest absolute Gasteiger partial charge is 0.497 e. The van der Waals surface area contributed by atoms with Gasteiger partial charge in [-0.15, -0.1) is 6.42 Å². The van der Waals surface area contributed by atoms with Crippen molar-refractivity contribution in [3.63, 3.8) is 0 Å². The van der Waals surface area contributed by atoms with Crippen LogP contribution in [0.1, 0.15) is 6.42 Å². The lowest BCUT2D eigenvalue weighted by atomic mass is 10.2. The first-order valence-electron chi connectivity index (χ1n) is 4.34. The predicted octanol–water partition coefficient (Wildman–Crippen LogP) is 1.24. The van der Waals surface area contributed by atoms with E-state index in [1.54, 1.807) is 25.3 Å². The molecule has 1 rings (SSSR count). The molecule has 0 heterocycles. The molecule has 4 nitrogen and oxygen atoms in total. The van der Waals surface area contributed by atoms with Crippen molar-refractivity contribution in [2.45, 2.75) is 6.42 Å². The van der Waals surface area contributed by atoms with Crippen molar-refractivity contribution in [1.29, 1.82) is 0 Å². The molecule has 0 saturated carbocycles. The van der Waals surface area contributed by atoms with Gasteiger partial charge in [0.1, 0.15) is 5.75 Å². The summed E-state index contributed by atoms with van der Waals surface area (Å²) < 4.78 is 4.98. The second-order valence-electron chi connectivity index (χ2n) is 2.88.